The first-order valence-electron chi connectivity index (χ1n) is 11.6. The van der Waals surface area contributed by atoms with Gasteiger partial charge in [0.25, 0.3) is 0 Å². The van der Waals surface area contributed by atoms with Crippen molar-refractivity contribution in [3.05, 3.63) is 46.2 Å². The average molecular weight is 492 g/mol. The van der Waals surface area contributed by atoms with Crippen LogP contribution in [0.15, 0.2) is 35.7 Å². The van der Waals surface area contributed by atoms with E-state index in [0.717, 1.165) is 10.4 Å². The second-order valence-corrected chi connectivity index (χ2v) is 8.67. The van der Waals surface area contributed by atoms with E-state index in [1.54, 1.807) is 30.5 Å². The third-order valence-corrected chi connectivity index (χ3v) is 6.12. The van der Waals surface area contributed by atoms with Crippen molar-refractivity contribution in [3.8, 4) is 11.5 Å². The van der Waals surface area contributed by atoms with Crippen LogP contribution in [0.1, 0.15) is 30.7 Å². The summed E-state index contributed by atoms with van der Waals surface area (Å²) in [4.78, 5) is 30.4. The van der Waals surface area contributed by atoms with Gasteiger partial charge in [-0.05, 0) is 55.8 Å². The Kier molecular flexibility index (Phi) is 12.3. The van der Waals surface area contributed by atoms with Gasteiger partial charge in [-0.2, -0.15) is 0 Å². The quantitative estimate of drug-likeness (QED) is 0.384. The molecule has 8 nitrogen and oxygen atoms in total. The fourth-order valence-corrected chi connectivity index (χ4v) is 4.18. The number of hydrogen-bond donors (Lipinski definition) is 1. The Hall–Kier alpha value is -2.78. The molecule has 0 saturated carbocycles. The molecular weight excluding hydrogens is 454 g/mol. The van der Waals surface area contributed by atoms with E-state index in [4.69, 9.17) is 14.2 Å². The number of hydrogen-bond acceptors (Lipinski definition) is 6. The van der Waals surface area contributed by atoms with Crippen LogP contribution in [-0.2, 0) is 22.5 Å². The second kappa shape index (κ2) is 15.2. The highest BCUT2D eigenvalue weighted by Gasteiger charge is 2.21. The number of amides is 3. The molecule has 0 spiro atoms. The number of carbonyl (C=O) groups excluding carboxylic acids is 2. The Morgan fingerprint density at radius 2 is 1.82 bits per heavy atom. The highest BCUT2D eigenvalue weighted by molar-refractivity contribution is 7.09. The maximum atomic E-state index is 13.4. The van der Waals surface area contributed by atoms with Crippen molar-refractivity contribution in [2.24, 2.45) is 0 Å². The van der Waals surface area contributed by atoms with Crippen LogP contribution in [0.3, 0.4) is 0 Å². The van der Waals surface area contributed by atoms with Crippen LogP contribution in [0.25, 0.3) is 0 Å². The highest BCUT2D eigenvalue weighted by Crippen LogP contribution is 2.27. The number of urea groups is 1. The van der Waals surface area contributed by atoms with Gasteiger partial charge in [0, 0.05) is 37.7 Å². The van der Waals surface area contributed by atoms with E-state index in [2.05, 4.69) is 5.32 Å². The van der Waals surface area contributed by atoms with E-state index in [9.17, 15) is 9.59 Å². The predicted octanol–water partition coefficient (Wildman–Crippen LogP) is 3.79. The second-order valence-electron chi connectivity index (χ2n) is 7.64. The molecule has 0 saturated heterocycles. The van der Waals surface area contributed by atoms with Crippen LogP contribution >= 0.6 is 11.3 Å². The van der Waals surface area contributed by atoms with Gasteiger partial charge in [0.15, 0.2) is 11.5 Å². The van der Waals surface area contributed by atoms with Crippen molar-refractivity contribution < 1.29 is 23.8 Å². The van der Waals surface area contributed by atoms with Gasteiger partial charge in [-0.1, -0.05) is 12.1 Å². The Morgan fingerprint density at radius 3 is 2.47 bits per heavy atom. The molecule has 2 rings (SSSR count). The van der Waals surface area contributed by atoms with Gasteiger partial charge in [-0.25, -0.2) is 4.79 Å². The molecule has 1 aromatic heterocycles. The molecule has 0 aliphatic carbocycles. The minimum absolute atomic E-state index is 0.0231. The van der Waals surface area contributed by atoms with Crippen molar-refractivity contribution in [1.82, 2.24) is 15.1 Å². The molecule has 0 fully saturated rings. The lowest BCUT2D eigenvalue weighted by Gasteiger charge is -2.28. The molecular formula is C25H37N3O5S. The first-order chi connectivity index (χ1) is 16.5. The zero-order chi connectivity index (χ0) is 24.8. The SMILES string of the molecule is CCNC(=O)N(CCCOCC)CC(=O)N(CCc1ccc(OC)c(OC)c1)Cc1cccs1. The number of thiophene rings is 1. The fourth-order valence-electron chi connectivity index (χ4n) is 3.46. The van der Waals surface area contributed by atoms with Gasteiger partial charge in [0.05, 0.1) is 20.8 Å². The lowest BCUT2D eigenvalue weighted by atomic mass is 10.1. The van der Waals surface area contributed by atoms with Crippen LogP contribution in [-0.4, -0.2) is 75.4 Å². The number of methoxy groups -OCH3 is 2. The number of benzene rings is 1. The molecule has 3 amide bonds. The van der Waals surface area contributed by atoms with Crippen molar-refractivity contribution >= 4 is 23.3 Å². The summed E-state index contributed by atoms with van der Waals surface area (Å²) in [5, 5.41) is 4.81. The van der Waals surface area contributed by atoms with E-state index in [0.29, 0.717) is 63.7 Å². The molecule has 1 N–H and O–H groups in total. The molecule has 0 radical (unpaired) electrons. The minimum atomic E-state index is -0.233. The lowest BCUT2D eigenvalue weighted by molar-refractivity contribution is -0.132. The highest BCUT2D eigenvalue weighted by atomic mass is 32.1. The maximum Gasteiger partial charge on any atom is 0.317 e. The first kappa shape index (κ1) is 27.5. The van der Waals surface area contributed by atoms with E-state index in [1.807, 2.05) is 54.5 Å². The normalized spacial score (nSPS) is 10.6. The van der Waals surface area contributed by atoms with Gasteiger partial charge in [0.1, 0.15) is 6.54 Å². The zero-order valence-electron chi connectivity index (χ0n) is 20.7. The minimum Gasteiger partial charge on any atom is -0.493 e. The van der Waals surface area contributed by atoms with Gasteiger partial charge >= 0.3 is 6.03 Å². The van der Waals surface area contributed by atoms with Crippen molar-refractivity contribution in [2.45, 2.75) is 33.2 Å². The molecule has 2 aromatic rings. The van der Waals surface area contributed by atoms with Crippen LogP contribution < -0.4 is 14.8 Å². The maximum absolute atomic E-state index is 13.4. The van der Waals surface area contributed by atoms with Crippen LogP contribution in [0.5, 0.6) is 11.5 Å². The summed E-state index contributed by atoms with van der Waals surface area (Å²) in [5.74, 6) is 1.24. The van der Waals surface area contributed by atoms with Gasteiger partial charge in [-0.15, -0.1) is 11.3 Å². The molecule has 188 valence electrons. The molecule has 34 heavy (non-hydrogen) atoms. The third kappa shape index (κ3) is 8.87. The summed E-state index contributed by atoms with van der Waals surface area (Å²) in [5.41, 5.74) is 1.04. The average Bonchev–Trinajstić information content (AvgIpc) is 3.36. The van der Waals surface area contributed by atoms with Crippen molar-refractivity contribution in [2.75, 3.05) is 53.6 Å². The molecule has 0 unspecified atom stereocenters. The molecule has 9 heteroatoms. The number of rotatable bonds is 15. The molecule has 0 bridgehead atoms. The van der Waals surface area contributed by atoms with Gasteiger partial charge in [0.2, 0.25) is 5.91 Å². The molecule has 0 atom stereocenters. The largest absolute Gasteiger partial charge is 0.493 e. The zero-order valence-corrected chi connectivity index (χ0v) is 21.5. The molecule has 0 aliphatic rings. The number of carbonyl (C=O) groups is 2. The van der Waals surface area contributed by atoms with E-state index in [1.165, 1.54) is 0 Å². The number of nitrogens with one attached hydrogen (secondary N) is 1. The summed E-state index contributed by atoms with van der Waals surface area (Å²) < 4.78 is 16.1. The Bertz CT molecular complexity index is 875. The summed E-state index contributed by atoms with van der Waals surface area (Å²) >= 11 is 1.61. The molecule has 1 heterocycles. The summed E-state index contributed by atoms with van der Waals surface area (Å²) in [6, 6.07) is 9.54. The Labute approximate surface area is 206 Å². The van der Waals surface area contributed by atoms with Crippen LogP contribution in [0, 0.1) is 0 Å². The monoisotopic (exact) mass is 491 g/mol. The topological polar surface area (TPSA) is 80.3 Å². The first-order valence-corrected chi connectivity index (χ1v) is 12.5. The van der Waals surface area contributed by atoms with Gasteiger partial charge < -0.3 is 29.3 Å². The third-order valence-electron chi connectivity index (χ3n) is 5.26. The standard InChI is InChI=1S/C25H37N3O5S/c1-5-26-25(30)28(13-8-15-33-6-2)19-24(29)27(18-21-9-7-16-34-21)14-12-20-10-11-22(31-3)23(17-20)32-4/h7,9-11,16-17H,5-6,8,12-15,18-19H2,1-4H3,(H,26,30). The molecule has 0 aliphatic heterocycles. The van der Waals surface area contributed by atoms with E-state index < -0.39 is 0 Å². The van der Waals surface area contributed by atoms with Crippen molar-refractivity contribution in [3.63, 3.8) is 0 Å². The molecule has 1 aromatic carbocycles. The Morgan fingerprint density at radius 1 is 1.03 bits per heavy atom. The smallest absolute Gasteiger partial charge is 0.317 e. The van der Waals surface area contributed by atoms with Gasteiger partial charge in [-0.3, -0.25) is 4.79 Å². The summed E-state index contributed by atoms with van der Waals surface area (Å²) in [6.45, 7) is 7.00. The van der Waals surface area contributed by atoms with Crippen LogP contribution in [0.4, 0.5) is 4.79 Å². The van der Waals surface area contributed by atoms with Crippen LogP contribution in [0.2, 0.25) is 0 Å². The fraction of sp³-hybridized carbons (Fsp3) is 0.520. The number of ether oxygens (including phenoxy) is 3. The summed E-state index contributed by atoms with van der Waals surface area (Å²) in [6.07, 6.45) is 1.33. The lowest BCUT2D eigenvalue weighted by Crippen LogP contribution is -2.47. The number of nitrogens with zero attached hydrogens (tertiary/aromatic N) is 2. The van der Waals surface area contributed by atoms with Crippen molar-refractivity contribution in [1.29, 1.82) is 0 Å². The van der Waals surface area contributed by atoms with E-state index in [-0.39, 0.29) is 18.5 Å². The van der Waals surface area contributed by atoms with E-state index >= 15 is 0 Å². The Balaban J connectivity index is 2.11. The predicted molar refractivity (Wildman–Crippen MR) is 135 cm³/mol. The summed E-state index contributed by atoms with van der Waals surface area (Å²) in [7, 11) is 3.21.